The summed E-state index contributed by atoms with van der Waals surface area (Å²) < 4.78 is 42.9. The van der Waals surface area contributed by atoms with Gasteiger partial charge in [-0.1, -0.05) is 19.8 Å². The molecule has 0 saturated heterocycles. The Bertz CT molecular complexity index is 1210. The van der Waals surface area contributed by atoms with E-state index in [9.17, 15) is 17.6 Å². The molecule has 1 amide bonds. The first-order valence-corrected chi connectivity index (χ1v) is 11.3. The molecule has 0 aliphatic rings. The highest BCUT2D eigenvalue weighted by Gasteiger charge is 2.17. The van der Waals surface area contributed by atoms with Crippen LogP contribution >= 0.6 is 0 Å². The lowest BCUT2D eigenvalue weighted by molar-refractivity contribution is -0.114. The number of hydrogen-bond donors (Lipinski definition) is 1. The summed E-state index contributed by atoms with van der Waals surface area (Å²) in [5, 5.41) is 5.01. The van der Waals surface area contributed by atoms with E-state index in [4.69, 9.17) is 0 Å². The molecule has 0 aliphatic carbocycles. The molecule has 0 fully saturated rings. The zero-order chi connectivity index (χ0) is 21.9. The normalized spacial score (nSPS) is 12.1. The summed E-state index contributed by atoms with van der Waals surface area (Å²) >= 11 is 0. The van der Waals surface area contributed by atoms with Crippen molar-refractivity contribution in [3.05, 3.63) is 47.7 Å². The number of carbonyl (C=O) groups excluding carboxylic acids is 1. The number of aromatic nitrogens is 4. The highest BCUT2D eigenvalue weighted by molar-refractivity contribution is 7.90. The average molecular weight is 434 g/mol. The minimum absolute atomic E-state index is 0.0881. The zero-order valence-corrected chi connectivity index (χ0v) is 17.9. The summed E-state index contributed by atoms with van der Waals surface area (Å²) in [5.74, 6) is -0.622. The predicted molar refractivity (Wildman–Crippen MR) is 113 cm³/mol. The van der Waals surface area contributed by atoms with Crippen molar-refractivity contribution in [2.45, 2.75) is 33.1 Å². The van der Waals surface area contributed by atoms with Crippen molar-refractivity contribution in [3.63, 3.8) is 0 Å². The first-order chi connectivity index (χ1) is 14.2. The lowest BCUT2D eigenvalue weighted by Crippen LogP contribution is -2.31. The summed E-state index contributed by atoms with van der Waals surface area (Å²) in [4.78, 5) is 16.3. The highest BCUT2D eigenvalue weighted by Crippen LogP contribution is 2.24. The average Bonchev–Trinajstić information content (AvgIpc) is 3.18. The number of halogens is 1. The van der Waals surface area contributed by atoms with Crippen LogP contribution in [0.2, 0.25) is 0 Å². The van der Waals surface area contributed by atoms with Gasteiger partial charge >= 0.3 is 0 Å². The number of pyridine rings is 1. The van der Waals surface area contributed by atoms with Crippen LogP contribution in [0, 0.1) is 12.7 Å². The Hall–Kier alpha value is -3.01. The lowest BCUT2D eigenvalue weighted by Gasteiger charge is -2.07. The standard InChI is InChI=1S/C20H24FN5O3S/c1-4-5-6-11-30(28,29)24-18(27)8-7-17-14(2)23-25(3)20(17)26-10-9-15-12-16(21)13-22-19(15)26/h7-10,12-13H,4-6,11H2,1-3H3,(H,24,27). The van der Waals surface area contributed by atoms with E-state index in [0.717, 1.165) is 19.0 Å². The van der Waals surface area contributed by atoms with Gasteiger partial charge in [-0.05, 0) is 31.6 Å². The second kappa shape index (κ2) is 8.78. The van der Waals surface area contributed by atoms with E-state index >= 15 is 0 Å². The van der Waals surface area contributed by atoms with Crippen LogP contribution in [0.4, 0.5) is 4.39 Å². The molecular formula is C20H24FN5O3S. The smallest absolute Gasteiger partial charge is 0.257 e. The summed E-state index contributed by atoms with van der Waals surface area (Å²) in [6.07, 6.45) is 7.74. The molecule has 0 aromatic carbocycles. The van der Waals surface area contributed by atoms with Crippen LogP contribution in [0.15, 0.2) is 30.6 Å². The van der Waals surface area contributed by atoms with Gasteiger partial charge in [0.25, 0.3) is 5.91 Å². The first-order valence-electron chi connectivity index (χ1n) is 9.61. The number of hydrogen-bond acceptors (Lipinski definition) is 5. The van der Waals surface area contributed by atoms with Crippen LogP contribution in [0.1, 0.15) is 37.4 Å². The largest absolute Gasteiger partial charge is 0.285 e. The monoisotopic (exact) mass is 433 g/mol. The molecule has 0 spiro atoms. The molecule has 0 unspecified atom stereocenters. The van der Waals surface area contributed by atoms with Crippen molar-refractivity contribution >= 4 is 33.0 Å². The molecular weight excluding hydrogens is 409 g/mol. The Kier molecular flexibility index (Phi) is 6.35. The maximum atomic E-state index is 13.5. The molecule has 3 heterocycles. The zero-order valence-electron chi connectivity index (χ0n) is 17.1. The molecule has 160 valence electrons. The van der Waals surface area contributed by atoms with E-state index in [2.05, 4.69) is 14.8 Å². The van der Waals surface area contributed by atoms with Crippen molar-refractivity contribution < 1.29 is 17.6 Å². The predicted octanol–water partition coefficient (Wildman–Crippen LogP) is 2.86. The highest BCUT2D eigenvalue weighted by atomic mass is 32.2. The number of fused-ring (bicyclic) bond motifs is 1. The molecule has 3 aromatic rings. The van der Waals surface area contributed by atoms with Crippen LogP contribution in [0.5, 0.6) is 0 Å². The fraction of sp³-hybridized carbons (Fsp3) is 0.350. The molecule has 3 aromatic heterocycles. The summed E-state index contributed by atoms with van der Waals surface area (Å²) in [6, 6.07) is 3.12. The summed E-state index contributed by atoms with van der Waals surface area (Å²) in [5.41, 5.74) is 1.81. The van der Waals surface area contributed by atoms with Gasteiger partial charge in [-0.3, -0.25) is 14.0 Å². The van der Waals surface area contributed by atoms with Crippen LogP contribution in [0.25, 0.3) is 22.9 Å². The number of nitrogens with zero attached hydrogens (tertiary/aromatic N) is 4. The van der Waals surface area contributed by atoms with Gasteiger partial charge in [-0.15, -0.1) is 0 Å². The minimum Gasteiger partial charge on any atom is -0.285 e. The summed E-state index contributed by atoms with van der Waals surface area (Å²) in [6.45, 7) is 3.75. The van der Waals surface area contributed by atoms with Gasteiger partial charge in [0.1, 0.15) is 17.3 Å². The third-order valence-electron chi connectivity index (χ3n) is 4.63. The first kappa shape index (κ1) is 21.7. The minimum atomic E-state index is -3.67. The number of carbonyl (C=O) groups is 1. The van der Waals surface area contributed by atoms with Crippen molar-refractivity contribution in [1.82, 2.24) is 24.1 Å². The molecule has 0 radical (unpaired) electrons. The number of amides is 1. The van der Waals surface area contributed by atoms with Crippen molar-refractivity contribution in [1.29, 1.82) is 0 Å². The Morgan fingerprint density at radius 1 is 1.33 bits per heavy atom. The molecule has 1 N–H and O–H groups in total. The molecule has 0 saturated carbocycles. The SMILES string of the molecule is CCCCCS(=O)(=O)NC(=O)C=Cc1c(C)nn(C)c1-n1ccc2cc(F)cnc21. The van der Waals surface area contributed by atoms with E-state index < -0.39 is 21.7 Å². The van der Waals surface area contributed by atoms with Crippen LogP contribution in [0.3, 0.4) is 0 Å². The van der Waals surface area contributed by atoms with Crippen LogP contribution in [-0.2, 0) is 21.9 Å². The van der Waals surface area contributed by atoms with E-state index in [-0.39, 0.29) is 5.75 Å². The molecule has 30 heavy (non-hydrogen) atoms. The second-order valence-corrected chi connectivity index (χ2v) is 8.87. The quantitative estimate of drug-likeness (QED) is 0.435. The van der Waals surface area contributed by atoms with Gasteiger partial charge in [-0.25, -0.2) is 22.5 Å². The Morgan fingerprint density at radius 2 is 2.10 bits per heavy atom. The van der Waals surface area contributed by atoms with Gasteiger partial charge in [0, 0.05) is 30.3 Å². The Labute approximate surface area is 174 Å². The fourth-order valence-corrected chi connectivity index (χ4v) is 4.31. The van der Waals surface area contributed by atoms with Gasteiger partial charge in [0.05, 0.1) is 17.6 Å². The number of aryl methyl sites for hydroxylation is 2. The molecule has 8 nitrogen and oxygen atoms in total. The van der Waals surface area contributed by atoms with Crippen LogP contribution < -0.4 is 4.72 Å². The number of rotatable bonds is 8. The van der Waals surface area contributed by atoms with Gasteiger partial charge in [0.15, 0.2) is 0 Å². The Balaban J connectivity index is 1.88. The molecule has 0 bridgehead atoms. The Morgan fingerprint density at radius 3 is 2.83 bits per heavy atom. The van der Waals surface area contributed by atoms with E-state index in [1.807, 2.05) is 6.92 Å². The fourth-order valence-electron chi connectivity index (χ4n) is 3.25. The number of unbranched alkanes of at least 4 members (excludes halogenated alkanes) is 2. The van der Waals surface area contributed by atoms with Gasteiger partial charge < -0.3 is 0 Å². The van der Waals surface area contributed by atoms with Crippen LogP contribution in [-0.4, -0.2) is 39.4 Å². The molecule has 0 atom stereocenters. The van der Waals surface area contributed by atoms with E-state index in [0.29, 0.717) is 34.5 Å². The second-order valence-electron chi connectivity index (χ2n) is 7.02. The topological polar surface area (TPSA) is 98.9 Å². The third kappa shape index (κ3) is 4.76. The third-order valence-corrected chi connectivity index (χ3v) is 5.97. The number of sulfonamides is 1. The van der Waals surface area contributed by atoms with Gasteiger partial charge in [-0.2, -0.15) is 5.10 Å². The molecule has 3 rings (SSSR count). The molecule has 0 aliphatic heterocycles. The maximum Gasteiger partial charge on any atom is 0.257 e. The van der Waals surface area contributed by atoms with Crippen molar-refractivity contribution in [3.8, 4) is 5.82 Å². The van der Waals surface area contributed by atoms with E-state index in [1.54, 1.807) is 35.5 Å². The van der Waals surface area contributed by atoms with Crippen molar-refractivity contribution in [2.24, 2.45) is 7.05 Å². The lowest BCUT2D eigenvalue weighted by atomic mass is 10.2. The summed E-state index contributed by atoms with van der Waals surface area (Å²) in [7, 11) is -1.93. The van der Waals surface area contributed by atoms with Gasteiger partial charge in [0.2, 0.25) is 10.0 Å². The number of nitrogens with one attached hydrogen (secondary N) is 1. The van der Waals surface area contributed by atoms with E-state index in [1.165, 1.54) is 18.2 Å². The maximum absolute atomic E-state index is 13.5. The van der Waals surface area contributed by atoms with Crippen molar-refractivity contribution in [2.75, 3.05) is 5.75 Å². The molecule has 10 heteroatoms.